The zero-order valence-corrected chi connectivity index (χ0v) is 26.1. The Morgan fingerprint density at radius 1 is 0.533 bits per heavy atom. The standard InChI is InChI=1S/C42H37BN2/c1-28-13-6-10-19-36(28)44-38-26-24-32(30-15-4-3-5-16-30)27-35(38)43-34-25-23-31-17-8-9-18-33(31)42(34)45(37-20-11-7-14-29(37)2)40-22-12-21-39(44)41(40)43/h6-14,17-27,30H,3-5,15-16H2,1-2H3. The van der Waals surface area contributed by atoms with Crippen molar-refractivity contribution >= 4 is 68.0 Å². The van der Waals surface area contributed by atoms with Crippen molar-refractivity contribution < 1.29 is 0 Å². The third kappa shape index (κ3) is 4.03. The van der Waals surface area contributed by atoms with E-state index < -0.39 is 0 Å². The summed E-state index contributed by atoms with van der Waals surface area (Å²) in [5.41, 5.74) is 16.0. The second-order valence-corrected chi connectivity index (χ2v) is 13.3. The van der Waals surface area contributed by atoms with Gasteiger partial charge >= 0.3 is 0 Å². The molecule has 2 heterocycles. The van der Waals surface area contributed by atoms with Gasteiger partial charge in [-0.15, -0.1) is 0 Å². The lowest BCUT2D eigenvalue weighted by Gasteiger charge is -2.45. The fraction of sp³-hybridized carbons (Fsp3) is 0.190. The number of hydrogen-bond donors (Lipinski definition) is 0. The molecular weight excluding hydrogens is 543 g/mol. The zero-order chi connectivity index (χ0) is 30.1. The quantitative estimate of drug-likeness (QED) is 0.192. The summed E-state index contributed by atoms with van der Waals surface area (Å²) in [4.78, 5) is 5.11. The molecule has 0 N–H and O–H groups in total. The largest absolute Gasteiger partial charge is 0.311 e. The molecule has 0 amide bonds. The van der Waals surface area contributed by atoms with E-state index in [1.165, 1.54) is 110 Å². The summed E-state index contributed by atoms with van der Waals surface area (Å²) >= 11 is 0. The van der Waals surface area contributed by atoms with E-state index in [1.54, 1.807) is 0 Å². The highest BCUT2D eigenvalue weighted by Gasteiger charge is 2.44. The van der Waals surface area contributed by atoms with E-state index >= 15 is 0 Å². The van der Waals surface area contributed by atoms with Gasteiger partial charge in [-0.25, -0.2) is 0 Å². The number of para-hydroxylation sites is 2. The normalized spacial score (nSPS) is 15.6. The summed E-state index contributed by atoms with van der Waals surface area (Å²) in [6.07, 6.45) is 6.66. The van der Waals surface area contributed by atoms with Gasteiger partial charge < -0.3 is 9.80 Å². The predicted octanol–water partition coefficient (Wildman–Crippen LogP) is 9.59. The van der Waals surface area contributed by atoms with Crippen LogP contribution in [0.5, 0.6) is 0 Å². The molecule has 1 aliphatic carbocycles. The molecule has 0 bridgehead atoms. The minimum atomic E-state index is 0.148. The molecule has 0 saturated heterocycles. The van der Waals surface area contributed by atoms with Crippen LogP contribution in [0.1, 0.15) is 54.7 Å². The van der Waals surface area contributed by atoms with E-state index in [9.17, 15) is 0 Å². The minimum absolute atomic E-state index is 0.148. The van der Waals surface area contributed by atoms with Crippen molar-refractivity contribution in [1.82, 2.24) is 0 Å². The molecule has 45 heavy (non-hydrogen) atoms. The summed E-state index contributed by atoms with van der Waals surface area (Å²) < 4.78 is 0. The first-order valence-corrected chi connectivity index (χ1v) is 16.7. The Bertz CT molecular complexity index is 2110. The van der Waals surface area contributed by atoms with Crippen LogP contribution in [-0.2, 0) is 0 Å². The van der Waals surface area contributed by atoms with Gasteiger partial charge in [-0.3, -0.25) is 0 Å². The third-order valence-electron chi connectivity index (χ3n) is 10.7. The van der Waals surface area contributed by atoms with Crippen LogP contribution in [0.15, 0.2) is 121 Å². The monoisotopic (exact) mass is 580 g/mol. The van der Waals surface area contributed by atoms with Crippen LogP contribution >= 0.6 is 0 Å². The van der Waals surface area contributed by atoms with Crippen LogP contribution in [-0.4, -0.2) is 6.71 Å². The first-order valence-electron chi connectivity index (χ1n) is 16.7. The molecule has 0 radical (unpaired) electrons. The molecule has 6 aromatic carbocycles. The highest BCUT2D eigenvalue weighted by atomic mass is 15.2. The van der Waals surface area contributed by atoms with E-state index in [4.69, 9.17) is 0 Å². The number of hydrogen-bond acceptors (Lipinski definition) is 2. The molecule has 0 unspecified atom stereocenters. The first-order chi connectivity index (χ1) is 22.2. The lowest BCUT2D eigenvalue weighted by molar-refractivity contribution is 0.444. The molecule has 2 aliphatic heterocycles. The van der Waals surface area contributed by atoms with Crippen molar-refractivity contribution in [1.29, 1.82) is 0 Å². The smallest absolute Gasteiger partial charge is 0.252 e. The minimum Gasteiger partial charge on any atom is -0.311 e. The Balaban J connectivity index is 1.39. The Labute approximate surface area is 267 Å². The van der Waals surface area contributed by atoms with Crippen LogP contribution in [0, 0.1) is 13.8 Å². The Morgan fingerprint density at radius 2 is 1.18 bits per heavy atom. The van der Waals surface area contributed by atoms with Gasteiger partial charge in [-0.2, -0.15) is 0 Å². The first kappa shape index (κ1) is 26.6. The van der Waals surface area contributed by atoms with Crippen molar-refractivity contribution in [2.45, 2.75) is 51.9 Å². The van der Waals surface area contributed by atoms with Gasteiger partial charge in [0.05, 0.1) is 0 Å². The number of benzene rings is 6. The molecular formula is C42H37BN2. The van der Waals surface area contributed by atoms with Crippen LogP contribution in [0.2, 0.25) is 0 Å². The number of rotatable bonds is 3. The molecule has 1 fully saturated rings. The van der Waals surface area contributed by atoms with Crippen LogP contribution in [0.3, 0.4) is 0 Å². The molecule has 3 heteroatoms. The fourth-order valence-electron chi connectivity index (χ4n) is 8.55. The van der Waals surface area contributed by atoms with Crippen LogP contribution in [0.25, 0.3) is 10.8 Å². The van der Waals surface area contributed by atoms with Crippen molar-refractivity contribution in [2.24, 2.45) is 0 Å². The summed E-state index contributed by atoms with van der Waals surface area (Å²) in [6, 6.07) is 45.9. The lowest BCUT2D eigenvalue weighted by Crippen LogP contribution is -2.61. The number of fused-ring (bicyclic) bond motifs is 6. The van der Waals surface area contributed by atoms with Crippen LogP contribution in [0.4, 0.5) is 34.1 Å². The average molecular weight is 581 g/mol. The van der Waals surface area contributed by atoms with Crippen molar-refractivity contribution in [3.8, 4) is 0 Å². The van der Waals surface area contributed by atoms with Gasteiger partial charge in [0.25, 0.3) is 6.71 Å². The highest BCUT2D eigenvalue weighted by molar-refractivity contribution is 7.00. The van der Waals surface area contributed by atoms with Crippen molar-refractivity contribution in [2.75, 3.05) is 9.80 Å². The second kappa shape index (κ2) is 10.4. The SMILES string of the molecule is Cc1ccccc1N1c2ccc(C3CCCCC3)cc2B2c3ccc4ccccc4c3N(c3ccccc3C)c3cccc1c32. The Kier molecular flexibility index (Phi) is 6.16. The zero-order valence-electron chi connectivity index (χ0n) is 26.1. The molecule has 2 nitrogen and oxygen atoms in total. The van der Waals surface area contributed by atoms with E-state index in [2.05, 4.69) is 145 Å². The van der Waals surface area contributed by atoms with Gasteiger partial charge in [0.2, 0.25) is 0 Å². The average Bonchev–Trinajstić information content (AvgIpc) is 3.09. The molecule has 0 aromatic heterocycles. The maximum atomic E-state index is 2.60. The molecule has 0 atom stereocenters. The highest BCUT2D eigenvalue weighted by Crippen LogP contribution is 2.47. The third-order valence-corrected chi connectivity index (χ3v) is 10.7. The van der Waals surface area contributed by atoms with E-state index in [0.717, 1.165) is 0 Å². The molecule has 1 saturated carbocycles. The molecule has 9 rings (SSSR count). The second-order valence-electron chi connectivity index (χ2n) is 13.3. The molecule has 218 valence electrons. The summed E-state index contributed by atoms with van der Waals surface area (Å²) in [7, 11) is 0. The predicted molar refractivity (Wildman–Crippen MR) is 193 cm³/mol. The summed E-state index contributed by atoms with van der Waals surface area (Å²) in [6.45, 7) is 4.64. The van der Waals surface area contributed by atoms with Gasteiger partial charge in [-0.05, 0) is 101 Å². The molecule has 3 aliphatic rings. The van der Waals surface area contributed by atoms with Crippen LogP contribution < -0.4 is 26.2 Å². The number of anilines is 6. The van der Waals surface area contributed by atoms with Crippen molar-refractivity contribution in [3.63, 3.8) is 0 Å². The van der Waals surface area contributed by atoms with Gasteiger partial charge in [0, 0.05) is 39.5 Å². The summed E-state index contributed by atoms with van der Waals surface area (Å²) in [5.74, 6) is 0.649. The Hall–Kier alpha value is -4.76. The topological polar surface area (TPSA) is 6.48 Å². The van der Waals surface area contributed by atoms with Gasteiger partial charge in [0.1, 0.15) is 0 Å². The lowest BCUT2D eigenvalue weighted by atomic mass is 9.33. The molecule has 6 aromatic rings. The van der Waals surface area contributed by atoms with Crippen molar-refractivity contribution in [3.05, 3.63) is 138 Å². The van der Waals surface area contributed by atoms with E-state index in [0.29, 0.717) is 5.92 Å². The molecule has 0 spiro atoms. The van der Waals surface area contributed by atoms with Gasteiger partial charge in [-0.1, -0.05) is 110 Å². The number of aryl methyl sites for hydroxylation is 2. The number of nitrogens with zero attached hydrogens (tertiary/aromatic N) is 2. The summed E-state index contributed by atoms with van der Waals surface area (Å²) in [5, 5.41) is 2.59. The fourth-order valence-corrected chi connectivity index (χ4v) is 8.55. The Morgan fingerprint density at radius 3 is 1.93 bits per heavy atom. The van der Waals surface area contributed by atoms with E-state index in [-0.39, 0.29) is 6.71 Å². The maximum absolute atomic E-state index is 2.60. The van der Waals surface area contributed by atoms with Gasteiger partial charge in [0.15, 0.2) is 0 Å². The maximum Gasteiger partial charge on any atom is 0.252 e. The van der Waals surface area contributed by atoms with E-state index in [1.807, 2.05) is 0 Å².